The van der Waals surface area contributed by atoms with Crippen LogP contribution in [-0.4, -0.2) is 35.4 Å². The summed E-state index contributed by atoms with van der Waals surface area (Å²) in [5.41, 5.74) is 1.26. The molecule has 3 heteroatoms. The topological polar surface area (TPSA) is 23.5 Å². The smallest absolute Gasteiger partial charge is 0.115 e. The van der Waals surface area contributed by atoms with Crippen molar-refractivity contribution >= 4 is 11.8 Å². The zero-order valence-electron chi connectivity index (χ0n) is 9.72. The normalized spacial score (nSPS) is 22.2. The van der Waals surface area contributed by atoms with E-state index in [0.29, 0.717) is 11.0 Å². The number of aromatic hydroxyl groups is 1. The zero-order valence-corrected chi connectivity index (χ0v) is 10.5. The fourth-order valence-electron chi connectivity index (χ4n) is 2.15. The SMILES string of the molecule is CCCN1CCSC(c2cccc(O)c2)C1. The molecule has 1 N–H and O–H groups in total. The monoisotopic (exact) mass is 237 g/mol. The van der Waals surface area contributed by atoms with Crippen LogP contribution in [0.2, 0.25) is 0 Å². The molecule has 1 heterocycles. The van der Waals surface area contributed by atoms with Gasteiger partial charge in [0.05, 0.1) is 0 Å². The second-order valence-electron chi connectivity index (χ2n) is 4.26. The maximum absolute atomic E-state index is 9.49. The lowest BCUT2D eigenvalue weighted by Crippen LogP contribution is -2.34. The van der Waals surface area contributed by atoms with Gasteiger partial charge < -0.3 is 10.0 Å². The van der Waals surface area contributed by atoms with Crippen molar-refractivity contribution < 1.29 is 5.11 Å². The molecule has 0 radical (unpaired) electrons. The molecule has 1 aromatic carbocycles. The summed E-state index contributed by atoms with van der Waals surface area (Å²) in [6.07, 6.45) is 1.22. The van der Waals surface area contributed by atoms with Gasteiger partial charge in [0.1, 0.15) is 5.75 Å². The second kappa shape index (κ2) is 5.60. The van der Waals surface area contributed by atoms with Crippen LogP contribution in [-0.2, 0) is 0 Å². The standard InChI is InChI=1S/C13H19NOS/c1-2-6-14-7-8-16-13(10-14)11-4-3-5-12(15)9-11/h3-5,9,13,15H,2,6-8,10H2,1H3. The van der Waals surface area contributed by atoms with E-state index in [9.17, 15) is 5.11 Å². The fraction of sp³-hybridized carbons (Fsp3) is 0.538. The summed E-state index contributed by atoms with van der Waals surface area (Å²) in [5, 5.41) is 10.0. The summed E-state index contributed by atoms with van der Waals surface area (Å²) in [7, 11) is 0. The molecule has 1 aromatic rings. The van der Waals surface area contributed by atoms with Gasteiger partial charge in [0.25, 0.3) is 0 Å². The number of phenolic OH excluding ortho intramolecular Hbond substituents is 1. The van der Waals surface area contributed by atoms with E-state index in [2.05, 4.69) is 17.9 Å². The first-order chi connectivity index (χ1) is 7.79. The number of phenols is 1. The van der Waals surface area contributed by atoms with E-state index in [0.717, 1.165) is 6.54 Å². The van der Waals surface area contributed by atoms with Crippen LogP contribution in [0.25, 0.3) is 0 Å². The van der Waals surface area contributed by atoms with E-state index in [1.807, 2.05) is 23.9 Å². The van der Waals surface area contributed by atoms with Crippen LogP contribution in [0.1, 0.15) is 24.2 Å². The van der Waals surface area contributed by atoms with E-state index in [-0.39, 0.29) is 0 Å². The summed E-state index contributed by atoms with van der Waals surface area (Å²) in [6, 6.07) is 7.69. The number of rotatable bonds is 3. The highest BCUT2D eigenvalue weighted by molar-refractivity contribution is 7.99. The van der Waals surface area contributed by atoms with Crippen LogP contribution in [0.4, 0.5) is 0 Å². The lowest BCUT2D eigenvalue weighted by molar-refractivity contribution is 0.284. The van der Waals surface area contributed by atoms with Gasteiger partial charge in [-0.05, 0) is 30.7 Å². The van der Waals surface area contributed by atoms with E-state index in [1.54, 1.807) is 6.07 Å². The minimum absolute atomic E-state index is 0.380. The molecule has 0 aliphatic carbocycles. The molecule has 1 fully saturated rings. The molecule has 16 heavy (non-hydrogen) atoms. The van der Waals surface area contributed by atoms with Crippen molar-refractivity contribution in [3.05, 3.63) is 29.8 Å². The maximum Gasteiger partial charge on any atom is 0.115 e. The molecule has 2 rings (SSSR count). The lowest BCUT2D eigenvalue weighted by Gasteiger charge is -2.32. The molecule has 88 valence electrons. The molecule has 1 aliphatic heterocycles. The molecular formula is C13H19NOS. The summed E-state index contributed by atoms with van der Waals surface area (Å²) in [4.78, 5) is 2.52. The van der Waals surface area contributed by atoms with E-state index >= 15 is 0 Å². The van der Waals surface area contributed by atoms with Gasteiger partial charge in [-0.1, -0.05) is 19.1 Å². The van der Waals surface area contributed by atoms with Crippen LogP contribution in [0.15, 0.2) is 24.3 Å². The molecular weight excluding hydrogens is 218 g/mol. The summed E-state index contributed by atoms with van der Waals surface area (Å²) >= 11 is 2.00. The van der Waals surface area contributed by atoms with Gasteiger partial charge in [-0.15, -0.1) is 0 Å². The third-order valence-electron chi connectivity index (χ3n) is 2.93. The van der Waals surface area contributed by atoms with E-state index in [1.165, 1.54) is 30.8 Å². The Labute approximate surface area is 102 Å². The molecule has 0 bridgehead atoms. The summed E-state index contributed by atoms with van der Waals surface area (Å²) in [5.74, 6) is 1.58. The van der Waals surface area contributed by atoms with Gasteiger partial charge in [0.15, 0.2) is 0 Å². The maximum atomic E-state index is 9.49. The third-order valence-corrected chi connectivity index (χ3v) is 4.17. The molecule has 0 saturated carbocycles. The number of hydrogen-bond donors (Lipinski definition) is 1. The highest BCUT2D eigenvalue weighted by Gasteiger charge is 2.21. The largest absolute Gasteiger partial charge is 0.508 e. The Bertz CT molecular complexity index is 340. The minimum atomic E-state index is 0.380. The average Bonchev–Trinajstić information content (AvgIpc) is 2.30. The third kappa shape index (κ3) is 2.92. The highest BCUT2D eigenvalue weighted by Crippen LogP contribution is 2.34. The van der Waals surface area contributed by atoms with Crippen molar-refractivity contribution in [2.24, 2.45) is 0 Å². The van der Waals surface area contributed by atoms with Crippen LogP contribution < -0.4 is 0 Å². The lowest BCUT2D eigenvalue weighted by atomic mass is 10.1. The number of nitrogens with zero attached hydrogens (tertiary/aromatic N) is 1. The molecule has 1 unspecified atom stereocenters. The molecule has 1 atom stereocenters. The Kier molecular flexibility index (Phi) is 4.13. The van der Waals surface area contributed by atoms with Crippen molar-refractivity contribution in [2.45, 2.75) is 18.6 Å². The molecule has 1 aliphatic rings. The van der Waals surface area contributed by atoms with Crippen molar-refractivity contribution in [1.29, 1.82) is 0 Å². The van der Waals surface area contributed by atoms with Gasteiger partial charge in [-0.25, -0.2) is 0 Å². The van der Waals surface area contributed by atoms with Crippen molar-refractivity contribution in [3.63, 3.8) is 0 Å². The molecule has 0 amide bonds. The number of thioether (sulfide) groups is 1. The first kappa shape index (κ1) is 11.8. The first-order valence-corrected chi connectivity index (χ1v) is 6.97. The minimum Gasteiger partial charge on any atom is -0.508 e. The molecule has 0 aromatic heterocycles. The van der Waals surface area contributed by atoms with Crippen LogP contribution in [0, 0.1) is 0 Å². The zero-order chi connectivity index (χ0) is 11.4. The number of hydrogen-bond acceptors (Lipinski definition) is 3. The van der Waals surface area contributed by atoms with E-state index in [4.69, 9.17) is 0 Å². The fourth-order valence-corrected chi connectivity index (χ4v) is 3.45. The Balaban J connectivity index is 2.03. The second-order valence-corrected chi connectivity index (χ2v) is 5.57. The van der Waals surface area contributed by atoms with Crippen molar-refractivity contribution in [2.75, 3.05) is 25.4 Å². The predicted molar refractivity (Wildman–Crippen MR) is 70.0 cm³/mol. The van der Waals surface area contributed by atoms with Gasteiger partial charge in [0.2, 0.25) is 0 Å². The van der Waals surface area contributed by atoms with Crippen molar-refractivity contribution in [1.82, 2.24) is 4.90 Å². The van der Waals surface area contributed by atoms with Crippen LogP contribution in [0.5, 0.6) is 5.75 Å². The molecule has 2 nitrogen and oxygen atoms in total. The van der Waals surface area contributed by atoms with Crippen molar-refractivity contribution in [3.8, 4) is 5.75 Å². The average molecular weight is 237 g/mol. The van der Waals surface area contributed by atoms with Crippen LogP contribution in [0.3, 0.4) is 0 Å². The Morgan fingerprint density at radius 1 is 1.50 bits per heavy atom. The first-order valence-electron chi connectivity index (χ1n) is 5.92. The van der Waals surface area contributed by atoms with Crippen LogP contribution >= 0.6 is 11.8 Å². The summed E-state index contributed by atoms with van der Waals surface area (Å²) in [6.45, 7) is 5.73. The molecule has 0 spiro atoms. The van der Waals surface area contributed by atoms with Gasteiger partial charge in [-0.3, -0.25) is 0 Å². The van der Waals surface area contributed by atoms with Gasteiger partial charge in [0, 0.05) is 24.1 Å². The van der Waals surface area contributed by atoms with Gasteiger partial charge >= 0.3 is 0 Å². The highest BCUT2D eigenvalue weighted by atomic mass is 32.2. The quantitative estimate of drug-likeness (QED) is 0.874. The Morgan fingerprint density at radius 3 is 3.12 bits per heavy atom. The van der Waals surface area contributed by atoms with E-state index < -0.39 is 0 Å². The summed E-state index contributed by atoms with van der Waals surface area (Å²) < 4.78 is 0. The molecule has 1 saturated heterocycles. The Morgan fingerprint density at radius 2 is 2.38 bits per heavy atom. The van der Waals surface area contributed by atoms with Gasteiger partial charge in [-0.2, -0.15) is 11.8 Å². The Hall–Kier alpha value is -0.670. The predicted octanol–water partition coefficient (Wildman–Crippen LogP) is 2.89. The number of benzene rings is 1.